The van der Waals surface area contributed by atoms with Gasteiger partial charge in [0.05, 0.1) is 11.7 Å². The zero-order valence-electron chi connectivity index (χ0n) is 20.7. The predicted molar refractivity (Wildman–Crippen MR) is 151 cm³/mol. The minimum absolute atomic E-state index is 0.164. The smallest absolute Gasteiger partial charge is 0.202 e. The van der Waals surface area contributed by atoms with Gasteiger partial charge in [-0.15, -0.1) is 6.58 Å². The van der Waals surface area contributed by atoms with Gasteiger partial charge in [0.1, 0.15) is 29.7 Å². The fourth-order valence-corrected chi connectivity index (χ4v) is 5.05. The zero-order valence-corrected chi connectivity index (χ0v) is 21.4. The third kappa shape index (κ3) is 5.57. The normalized spacial score (nSPS) is 18.5. The molecule has 1 aliphatic carbocycles. The largest absolute Gasteiger partial charge is 0.487 e. The average molecular weight is 515 g/mol. The molecule has 190 valence electrons. The Morgan fingerprint density at radius 3 is 2.78 bits per heavy atom. The summed E-state index contributed by atoms with van der Waals surface area (Å²) in [6, 6.07) is 16.8. The molecule has 5 rings (SSSR count). The number of ether oxygens (including phenoxy) is 1. The number of imidazole rings is 1. The molecule has 3 aromatic rings. The molecule has 1 aliphatic heterocycles. The van der Waals surface area contributed by atoms with Crippen LogP contribution in [0.3, 0.4) is 0 Å². The summed E-state index contributed by atoms with van der Waals surface area (Å²) in [5, 5.41) is 11.1. The van der Waals surface area contributed by atoms with Crippen molar-refractivity contribution in [2.75, 3.05) is 18.5 Å². The van der Waals surface area contributed by atoms with Gasteiger partial charge < -0.3 is 25.3 Å². The highest BCUT2D eigenvalue weighted by Gasteiger charge is 2.37. The standard InChI is InChI=1S/C29H31ClN6O/c1-3-5-15-31-28-23-13-12-22(20-9-7-6-8-10-20)27(23)34-29(35-28)33-21-11-14-24(25(17-21)37-16-4-2)36-18-26(30)32-19-36/h3-4,6-11,14,17-19,22,27,31H,1-2,5,12-13,15-16H2,(H2,33,34,35). The summed E-state index contributed by atoms with van der Waals surface area (Å²) in [5.41, 5.74) is 4.35. The second-order valence-corrected chi connectivity index (χ2v) is 9.41. The number of guanidine groups is 1. The van der Waals surface area contributed by atoms with E-state index >= 15 is 0 Å². The van der Waals surface area contributed by atoms with E-state index < -0.39 is 0 Å². The van der Waals surface area contributed by atoms with Crippen LogP contribution in [0.2, 0.25) is 5.15 Å². The van der Waals surface area contributed by atoms with Crippen molar-refractivity contribution in [2.45, 2.75) is 31.2 Å². The lowest BCUT2D eigenvalue weighted by Gasteiger charge is -2.30. The van der Waals surface area contributed by atoms with Crippen molar-refractivity contribution in [3.05, 3.63) is 108 Å². The summed E-state index contributed by atoms with van der Waals surface area (Å²) in [5.74, 6) is 2.70. The second kappa shape index (κ2) is 11.4. The van der Waals surface area contributed by atoms with Gasteiger partial charge in [0.2, 0.25) is 5.96 Å². The number of halogens is 1. The summed E-state index contributed by atoms with van der Waals surface area (Å²) in [4.78, 5) is 9.06. The molecule has 2 heterocycles. The van der Waals surface area contributed by atoms with Crippen molar-refractivity contribution >= 4 is 23.2 Å². The lowest BCUT2D eigenvalue weighted by atomic mass is 9.92. The Bertz CT molecular complexity index is 1330. The van der Waals surface area contributed by atoms with E-state index in [9.17, 15) is 0 Å². The number of benzene rings is 2. The minimum atomic E-state index is 0.164. The average Bonchev–Trinajstić information content (AvgIpc) is 3.54. The van der Waals surface area contributed by atoms with Crippen LogP contribution in [0.1, 0.15) is 30.7 Å². The molecule has 1 saturated carbocycles. The van der Waals surface area contributed by atoms with Crippen LogP contribution in [0.15, 0.2) is 103 Å². The van der Waals surface area contributed by atoms with E-state index in [1.165, 1.54) is 11.1 Å². The summed E-state index contributed by atoms with van der Waals surface area (Å²) >= 11 is 6.05. The van der Waals surface area contributed by atoms with Crippen molar-refractivity contribution < 1.29 is 4.74 Å². The van der Waals surface area contributed by atoms with Crippen LogP contribution in [0.25, 0.3) is 5.69 Å². The van der Waals surface area contributed by atoms with Crippen molar-refractivity contribution in [2.24, 2.45) is 4.99 Å². The second-order valence-electron chi connectivity index (χ2n) is 9.03. The molecule has 0 radical (unpaired) electrons. The summed E-state index contributed by atoms with van der Waals surface area (Å²) in [6.45, 7) is 8.79. The monoisotopic (exact) mass is 514 g/mol. The van der Waals surface area contributed by atoms with Gasteiger partial charge >= 0.3 is 0 Å². The quantitative estimate of drug-likeness (QED) is 0.236. The van der Waals surface area contributed by atoms with Crippen LogP contribution in [0, 0.1) is 0 Å². The van der Waals surface area contributed by atoms with E-state index in [2.05, 4.69) is 64.4 Å². The highest BCUT2D eigenvalue weighted by atomic mass is 35.5. The number of hydrogen-bond donors (Lipinski definition) is 3. The zero-order chi connectivity index (χ0) is 25.6. The Kier molecular flexibility index (Phi) is 7.61. The molecule has 3 N–H and O–H groups in total. The van der Waals surface area contributed by atoms with Gasteiger partial charge in [-0.2, -0.15) is 4.99 Å². The lowest BCUT2D eigenvalue weighted by Crippen LogP contribution is -2.45. The fraction of sp³-hybridized carbons (Fsp3) is 0.241. The lowest BCUT2D eigenvalue weighted by molar-refractivity contribution is 0.362. The Hall–Kier alpha value is -3.97. The van der Waals surface area contributed by atoms with E-state index in [1.807, 2.05) is 28.8 Å². The fourth-order valence-electron chi connectivity index (χ4n) is 4.90. The third-order valence-corrected chi connectivity index (χ3v) is 6.79. The molecule has 37 heavy (non-hydrogen) atoms. The molecule has 2 atom stereocenters. The van der Waals surface area contributed by atoms with Gasteiger partial charge in [-0.1, -0.05) is 60.7 Å². The molecular formula is C29H31ClN6O. The molecule has 2 aliphatic rings. The number of hydrogen-bond acceptors (Lipinski definition) is 6. The SMILES string of the molecule is C=CCCNC1=C2CCC(c3ccccc3)C2NC(Nc2ccc(-n3cnc(Cl)c3)c(OCC=C)c2)=N1. The van der Waals surface area contributed by atoms with E-state index in [-0.39, 0.29) is 6.04 Å². The Balaban J connectivity index is 1.43. The van der Waals surface area contributed by atoms with Gasteiger partial charge in [0, 0.05) is 30.4 Å². The first-order chi connectivity index (χ1) is 18.2. The van der Waals surface area contributed by atoms with Crippen molar-refractivity contribution in [3.8, 4) is 11.4 Å². The number of nitrogens with zero attached hydrogens (tertiary/aromatic N) is 3. The summed E-state index contributed by atoms with van der Waals surface area (Å²) < 4.78 is 7.80. The number of aliphatic imine (C=N–C) groups is 1. The first-order valence-corrected chi connectivity index (χ1v) is 12.9. The van der Waals surface area contributed by atoms with Crippen LogP contribution in [-0.2, 0) is 0 Å². The van der Waals surface area contributed by atoms with Crippen LogP contribution in [0.5, 0.6) is 5.75 Å². The molecule has 0 bridgehead atoms. The van der Waals surface area contributed by atoms with E-state index in [4.69, 9.17) is 21.3 Å². The first-order valence-electron chi connectivity index (χ1n) is 12.5. The Morgan fingerprint density at radius 2 is 2.03 bits per heavy atom. The number of aromatic nitrogens is 2. The maximum Gasteiger partial charge on any atom is 0.202 e. The Morgan fingerprint density at radius 1 is 1.16 bits per heavy atom. The highest BCUT2D eigenvalue weighted by molar-refractivity contribution is 6.29. The first kappa shape index (κ1) is 24.7. The number of fused-ring (bicyclic) bond motifs is 1. The Labute approximate surface area is 222 Å². The molecule has 0 amide bonds. The topological polar surface area (TPSA) is 75.5 Å². The molecule has 1 aromatic heterocycles. The molecule has 8 heteroatoms. The van der Waals surface area contributed by atoms with E-state index in [1.54, 1.807) is 18.6 Å². The van der Waals surface area contributed by atoms with Crippen LogP contribution in [0.4, 0.5) is 5.69 Å². The molecular weight excluding hydrogens is 484 g/mol. The van der Waals surface area contributed by atoms with Crippen LogP contribution in [-0.4, -0.2) is 34.7 Å². The van der Waals surface area contributed by atoms with Crippen molar-refractivity contribution in [3.63, 3.8) is 0 Å². The van der Waals surface area contributed by atoms with Gasteiger partial charge in [0.15, 0.2) is 0 Å². The molecule has 2 unspecified atom stereocenters. The summed E-state index contributed by atoms with van der Waals surface area (Å²) in [7, 11) is 0. The van der Waals surface area contributed by atoms with E-state index in [0.29, 0.717) is 29.4 Å². The van der Waals surface area contributed by atoms with Gasteiger partial charge in [-0.05, 0) is 42.5 Å². The minimum Gasteiger partial charge on any atom is -0.487 e. The van der Waals surface area contributed by atoms with Crippen LogP contribution < -0.4 is 20.7 Å². The molecule has 2 aromatic carbocycles. The molecule has 0 saturated heterocycles. The summed E-state index contributed by atoms with van der Waals surface area (Å²) in [6.07, 6.45) is 10.00. The number of anilines is 1. The highest BCUT2D eigenvalue weighted by Crippen LogP contribution is 2.41. The van der Waals surface area contributed by atoms with Crippen molar-refractivity contribution in [1.29, 1.82) is 0 Å². The maximum atomic E-state index is 6.05. The maximum absolute atomic E-state index is 6.05. The van der Waals surface area contributed by atoms with Gasteiger partial charge in [-0.25, -0.2) is 4.98 Å². The molecule has 0 spiro atoms. The van der Waals surface area contributed by atoms with Crippen molar-refractivity contribution in [1.82, 2.24) is 20.2 Å². The van der Waals surface area contributed by atoms with Gasteiger partial charge in [-0.3, -0.25) is 0 Å². The van der Waals surface area contributed by atoms with Crippen LogP contribution >= 0.6 is 11.6 Å². The number of nitrogens with one attached hydrogen (secondary N) is 3. The predicted octanol–water partition coefficient (Wildman–Crippen LogP) is 5.79. The number of rotatable bonds is 10. The van der Waals surface area contributed by atoms with E-state index in [0.717, 1.165) is 43.0 Å². The van der Waals surface area contributed by atoms with Gasteiger partial charge in [0.25, 0.3) is 0 Å². The molecule has 1 fully saturated rings. The molecule has 7 nitrogen and oxygen atoms in total. The third-order valence-electron chi connectivity index (χ3n) is 6.60.